The molecule has 8 aromatic rings. The summed E-state index contributed by atoms with van der Waals surface area (Å²) < 4.78 is 65.7. The van der Waals surface area contributed by atoms with Crippen molar-refractivity contribution >= 4 is 102 Å². The van der Waals surface area contributed by atoms with E-state index < -0.39 is 20.0 Å². The van der Waals surface area contributed by atoms with E-state index in [1.165, 1.54) is 44.8 Å². The number of rotatable bonds is 17. The molecule has 8 aromatic heterocycles. The van der Waals surface area contributed by atoms with E-state index in [2.05, 4.69) is 134 Å². The van der Waals surface area contributed by atoms with Gasteiger partial charge in [-0.3, -0.25) is 41.3 Å². The number of piperazine rings is 2. The standard InChI is InChI=1S/C20H33N5O3S.C16H23N3O2.C15H23N3O2.C12H16ClN3O.C5H12N2O2S.C4H7O2.BrH.Zn/c1-20(2,3)15-25-17-9-8-16(21-18(17)22(4)19(25)26)7-6-10-23-11-13-24(14-12-23)29(5,27)28;1-11(20)6-7-12-8-9-13-14(17-12)18(5)15(21)19(13)10-16(2,3)4;1-15(2,3)10-18-12-8-7-11(6-5-9-19)16-13(12)17(4)14(18)20;1-12(2,3)7-16-8-5-6-9(13)14-10(8)15(4)11(16)17;1-10(8,9)7-4-2-6-3-5-7;1-3-4(5)6-2;;/h8-9H,6-7,10-15H2,1-5H3;8-9H,6-7,10H2,1-5H3;7-8,19H,5-6,9-10H2,1-4H3;5-6H,7H2,1-4H3;6H,2-5H2,1H3;1,3H2,2H3;1H;/q;;;;;-1;;+2/p-1. The summed E-state index contributed by atoms with van der Waals surface area (Å²) in [5.74, 6) is -0.119. The first-order valence-electron chi connectivity index (χ1n) is 35.1. The molecule has 2 aliphatic rings. The average Bonchev–Trinajstić information content (AvgIpc) is 1.65. The second-order valence-corrected chi connectivity index (χ2v) is 35.6. The van der Waals surface area contributed by atoms with Crippen LogP contribution in [0, 0.1) is 28.6 Å². The van der Waals surface area contributed by atoms with Gasteiger partial charge in [-0.25, -0.2) is 55.9 Å². The number of halogens is 2. The van der Waals surface area contributed by atoms with E-state index in [1.807, 2.05) is 47.0 Å². The number of carbonyl (C=O) groups is 2. The predicted molar refractivity (Wildman–Crippen MR) is 419 cm³/mol. The number of methoxy groups -OCH3 is 1. The van der Waals surface area contributed by atoms with E-state index in [0.717, 1.165) is 102 Å². The van der Waals surface area contributed by atoms with Crippen LogP contribution in [0.4, 0.5) is 0 Å². The monoisotopic (exact) mass is 1640 g/mol. The molecule has 105 heavy (non-hydrogen) atoms. The van der Waals surface area contributed by atoms with E-state index in [0.29, 0.717) is 88.1 Å². The first-order valence-corrected chi connectivity index (χ1v) is 46.1. The molecule has 0 atom stereocenters. The van der Waals surface area contributed by atoms with Gasteiger partial charge in [-0.1, -0.05) is 101 Å². The van der Waals surface area contributed by atoms with E-state index >= 15 is 0 Å². The maximum atomic E-state index is 12.6. The first-order chi connectivity index (χ1) is 48.7. The number of hydrogen-bond acceptors (Lipinski definition) is 18. The molecule has 0 amide bonds. The zero-order valence-corrected chi connectivity index (χ0v) is 72.5. The number of aryl methyl sites for hydroxylation is 7. The third kappa shape index (κ3) is 28.1. The van der Waals surface area contributed by atoms with Crippen molar-refractivity contribution in [3.8, 4) is 0 Å². The topological polar surface area (TPSA) is 313 Å². The van der Waals surface area contributed by atoms with Crippen LogP contribution in [0.2, 0.25) is 5.15 Å². The number of aromatic nitrogens is 12. The van der Waals surface area contributed by atoms with Crippen LogP contribution in [0.25, 0.3) is 44.7 Å². The van der Waals surface area contributed by atoms with Gasteiger partial charge >= 0.3 is 52.7 Å². The summed E-state index contributed by atoms with van der Waals surface area (Å²) in [5, 5.41) is 12.4. The molecule has 10 rings (SSSR count). The summed E-state index contributed by atoms with van der Waals surface area (Å²) in [7, 11) is 2.32. The molecule has 0 spiro atoms. The molecule has 2 fully saturated rings. The Kier molecular flexibility index (Phi) is 34.7. The Hall–Kier alpha value is -6.09. The third-order valence-corrected chi connectivity index (χ3v) is 19.4. The van der Waals surface area contributed by atoms with Crippen LogP contribution in [0.15, 0.2) is 67.7 Å². The fourth-order valence-corrected chi connectivity index (χ4v) is 13.3. The zero-order chi connectivity index (χ0) is 79.5. The number of aliphatic hydroxyl groups excluding tert-OH is 1. The van der Waals surface area contributed by atoms with Gasteiger partial charge in [0.1, 0.15) is 10.9 Å². The number of nitrogens with zero attached hydrogens (tertiary/aromatic N) is 15. The number of ether oxygens (including phenoxy) is 1. The molecule has 10 heterocycles. The van der Waals surface area contributed by atoms with Gasteiger partial charge in [0.2, 0.25) is 20.0 Å². The molecular weight excluding hydrogens is 1530 g/mol. The molecule has 0 aromatic carbocycles. The van der Waals surface area contributed by atoms with Crippen LogP contribution in [0.5, 0.6) is 0 Å². The van der Waals surface area contributed by atoms with Gasteiger partial charge in [0, 0.05) is 137 Å². The van der Waals surface area contributed by atoms with E-state index in [1.54, 1.807) is 72.9 Å². The van der Waals surface area contributed by atoms with Crippen LogP contribution < -0.4 is 28.1 Å². The normalized spacial score (nSPS) is 14.2. The maximum absolute atomic E-state index is 12.6. The predicted octanol–water partition coefficient (Wildman–Crippen LogP) is 7.81. The van der Waals surface area contributed by atoms with Crippen LogP contribution in [0.1, 0.15) is 133 Å². The van der Waals surface area contributed by atoms with Gasteiger partial charge in [-0.2, -0.15) is 8.61 Å². The molecule has 28 nitrogen and oxygen atoms in total. The van der Waals surface area contributed by atoms with E-state index in [9.17, 15) is 45.6 Å². The fraction of sp³-hybridized carbons (Fsp3) is 0.625. The van der Waals surface area contributed by atoms with Gasteiger partial charge in [-0.15, -0.1) is 0 Å². The molecule has 2 N–H and O–H groups in total. The van der Waals surface area contributed by atoms with Crippen LogP contribution in [-0.2, 0) is 124 Å². The molecule has 2 aliphatic heterocycles. The van der Waals surface area contributed by atoms with Crippen molar-refractivity contribution in [2.75, 3.05) is 85.1 Å². The summed E-state index contributed by atoms with van der Waals surface area (Å²) in [5.41, 5.74) is 8.91. The van der Waals surface area contributed by atoms with Gasteiger partial charge < -0.3 is 31.8 Å². The third-order valence-electron chi connectivity index (χ3n) is 16.6. The second kappa shape index (κ2) is 39.8. The Morgan fingerprint density at radius 2 is 0.848 bits per heavy atom. The fourth-order valence-electron chi connectivity index (χ4n) is 11.5. The number of hydrogen-bond donors (Lipinski definition) is 2. The molecule has 582 valence electrons. The summed E-state index contributed by atoms with van der Waals surface area (Å²) in [4.78, 5) is 90.8. The second-order valence-electron chi connectivity index (χ2n) is 31.2. The molecule has 0 bridgehead atoms. The molecule has 0 radical (unpaired) electrons. The van der Waals surface area contributed by atoms with Gasteiger partial charge in [0.05, 0.1) is 41.7 Å². The number of ketones is 1. The Labute approximate surface area is 641 Å². The van der Waals surface area contributed by atoms with Gasteiger partial charge in [-0.05, 0) is 116 Å². The zero-order valence-electron chi connectivity index (χ0n) is 65.6. The van der Waals surface area contributed by atoms with Crippen molar-refractivity contribution in [2.45, 2.75) is 161 Å². The van der Waals surface area contributed by atoms with Crippen molar-refractivity contribution in [1.29, 1.82) is 0 Å². The Morgan fingerprint density at radius 3 is 1.13 bits per heavy atom. The molecule has 2 saturated heterocycles. The van der Waals surface area contributed by atoms with E-state index in [-0.39, 0.29) is 69.2 Å². The number of fused-ring (bicyclic) bond motifs is 4. The number of pyridine rings is 4. The van der Waals surface area contributed by atoms with Crippen LogP contribution >= 0.6 is 25.2 Å². The molecular formula is C72H114BrClN16O12S2Zn. The van der Waals surface area contributed by atoms with Crippen molar-refractivity contribution in [1.82, 2.24) is 75.3 Å². The number of carbonyl (C=O) groups excluding carboxylic acids is 2. The minimum atomic E-state index is -3.08. The van der Waals surface area contributed by atoms with Gasteiger partial charge in [0.25, 0.3) is 5.97 Å². The molecule has 0 aliphatic carbocycles. The Morgan fingerprint density at radius 1 is 0.533 bits per heavy atom. The summed E-state index contributed by atoms with van der Waals surface area (Å²) >= 11 is 10.1. The van der Waals surface area contributed by atoms with Crippen LogP contribution in [-0.4, -0.2) is 189 Å². The first kappa shape index (κ1) is 91.3. The SMILES string of the molecule is CC(=O)CCc1ccc2c(n1)n(C)c(=O)n2CC(C)(C)C.CS(=O)(=O)N1CCNCC1.Cn1c(=O)n(CC(C)(C)C)c2ccc(CCCN3CCN(S(C)(=O)=O)CC3)nc21.Cn1c(=O)n(CC(C)(C)C)c2ccc(CCCO)nc21.Cn1c(=O)n(CC(C)(C)C)c2ccc(Cl)nc21.[CH2-]CC(=O)OC.[Zn+][Br]. The molecule has 33 heteroatoms. The summed E-state index contributed by atoms with van der Waals surface area (Å²) in [6.45, 7) is 39.3. The Bertz CT molecular complexity index is 4680. The summed E-state index contributed by atoms with van der Waals surface area (Å²) in [6.07, 6.45) is 7.04. The van der Waals surface area contributed by atoms with Crippen LogP contribution in [0.3, 0.4) is 0 Å². The molecule has 0 unspecified atom stereocenters. The van der Waals surface area contributed by atoms with Crippen molar-refractivity contribution < 1.29 is 52.6 Å². The number of aliphatic hydroxyl groups is 1. The van der Waals surface area contributed by atoms with Crippen molar-refractivity contribution in [2.24, 2.45) is 49.9 Å². The van der Waals surface area contributed by atoms with E-state index in [4.69, 9.17) is 21.7 Å². The van der Waals surface area contributed by atoms with Crippen molar-refractivity contribution in [3.63, 3.8) is 0 Å². The minimum absolute atomic E-state index is 0.0118. The number of nitrogens with one attached hydrogen (secondary N) is 1. The van der Waals surface area contributed by atoms with Crippen molar-refractivity contribution in [3.05, 3.63) is 120 Å². The van der Waals surface area contributed by atoms with Gasteiger partial charge in [0.15, 0.2) is 22.6 Å². The number of Topliss-reactive ketones (excluding diaryl/α,β-unsaturated/α-hetero) is 1. The quantitative estimate of drug-likeness (QED) is 0.0380. The number of esters is 1. The summed E-state index contributed by atoms with van der Waals surface area (Å²) in [6, 6.07) is 15.3. The number of sulfonamides is 2. The average molecular weight is 1640 g/mol. The number of imidazole rings is 4. The molecule has 0 saturated carbocycles. The Balaban J connectivity index is 0.000000278.